The molecule has 0 fully saturated rings. The molecular weight excluding hydrogens is 252 g/mol. The van der Waals surface area contributed by atoms with Gasteiger partial charge in [0.05, 0.1) is 12.8 Å². The van der Waals surface area contributed by atoms with Crippen molar-refractivity contribution in [2.45, 2.75) is 13.2 Å². The monoisotopic (exact) mass is 266 g/mol. The van der Waals surface area contributed by atoms with Crippen LogP contribution in [0.25, 0.3) is 0 Å². The first-order valence-electron chi connectivity index (χ1n) is 5.34. The third-order valence-electron chi connectivity index (χ3n) is 2.25. The zero-order valence-electron chi connectivity index (χ0n) is 9.96. The van der Waals surface area contributed by atoms with Gasteiger partial charge in [0.2, 0.25) is 0 Å². The summed E-state index contributed by atoms with van der Waals surface area (Å²) in [6.07, 6.45) is 0. The number of nitrogens with zero attached hydrogens (tertiary/aromatic N) is 1. The highest BCUT2D eigenvalue weighted by molar-refractivity contribution is 7.09. The Labute approximate surface area is 109 Å². The van der Waals surface area contributed by atoms with Crippen molar-refractivity contribution in [3.8, 4) is 11.5 Å². The average molecular weight is 266 g/mol. The number of thiazole rings is 1. The maximum Gasteiger partial charge on any atom is 0.161 e. The number of rotatable bonds is 6. The molecule has 96 valence electrons. The highest BCUT2D eigenvalue weighted by Gasteiger charge is 2.06. The van der Waals surface area contributed by atoms with E-state index in [-0.39, 0.29) is 0 Å². The second kappa shape index (κ2) is 6.34. The van der Waals surface area contributed by atoms with Crippen LogP contribution in [0.3, 0.4) is 0 Å². The SMILES string of the molecule is COc1ccccc1OCc1nc(CON)cs1. The fraction of sp³-hybridized carbons (Fsp3) is 0.250. The quantitative estimate of drug-likeness (QED) is 0.811. The van der Waals surface area contributed by atoms with E-state index >= 15 is 0 Å². The molecule has 0 aliphatic rings. The molecule has 1 aromatic carbocycles. The molecule has 0 aliphatic carbocycles. The molecule has 0 unspecified atom stereocenters. The maximum atomic E-state index is 5.66. The molecule has 0 amide bonds. The molecule has 2 aromatic rings. The summed E-state index contributed by atoms with van der Waals surface area (Å²) >= 11 is 1.51. The summed E-state index contributed by atoms with van der Waals surface area (Å²) in [6.45, 7) is 0.709. The van der Waals surface area contributed by atoms with E-state index in [1.165, 1.54) is 11.3 Å². The summed E-state index contributed by atoms with van der Waals surface area (Å²) < 4.78 is 10.9. The third-order valence-corrected chi connectivity index (χ3v) is 3.12. The molecule has 1 heterocycles. The lowest BCUT2D eigenvalue weighted by Gasteiger charge is -2.08. The minimum absolute atomic E-state index is 0.311. The molecule has 0 saturated heterocycles. The van der Waals surface area contributed by atoms with E-state index in [2.05, 4.69) is 9.82 Å². The van der Waals surface area contributed by atoms with E-state index < -0.39 is 0 Å². The average Bonchev–Trinajstić information content (AvgIpc) is 2.85. The number of aromatic nitrogens is 1. The lowest BCUT2D eigenvalue weighted by molar-refractivity contribution is 0.121. The molecule has 6 heteroatoms. The summed E-state index contributed by atoms with van der Waals surface area (Å²) in [5.41, 5.74) is 0.807. The Morgan fingerprint density at radius 1 is 1.22 bits per heavy atom. The third kappa shape index (κ3) is 3.19. The van der Waals surface area contributed by atoms with Gasteiger partial charge in [-0.05, 0) is 12.1 Å². The van der Waals surface area contributed by atoms with Crippen molar-refractivity contribution in [3.63, 3.8) is 0 Å². The van der Waals surface area contributed by atoms with Crippen molar-refractivity contribution in [3.05, 3.63) is 40.3 Å². The van der Waals surface area contributed by atoms with Crippen LogP contribution in [0, 0.1) is 0 Å². The Hall–Kier alpha value is -1.63. The van der Waals surface area contributed by atoms with Gasteiger partial charge in [-0.15, -0.1) is 11.3 Å². The maximum absolute atomic E-state index is 5.66. The summed E-state index contributed by atoms with van der Waals surface area (Å²) in [7, 11) is 1.61. The van der Waals surface area contributed by atoms with Crippen molar-refractivity contribution in [2.75, 3.05) is 7.11 Å². The lowest BCUT2D eigenvalue weighted by Crippen LogP contribution is -2.00. The van der Waals surface area contributed by atoms with E-state index in [0.29, 0.717) is 24.7 Å². The number of benzene rings is 1. The molecule has 1 aromatic heterocycles. The van der Waals surface area contributed by atoms with Gasteiger partial charge < -0.3 is 9.47 Å². The van der Waals surface area contributed by atoms with Gasteiger partial charge in [0.15, 0.2) is 11.5 Å². The van der Waals surface area contributed by atoms with Crippen molar-refractivity contribution in [1.82, 2.24) is 4.98 Å². The second-order valence-corrected chi connectivity index (χ2v) is 4.43. The number of hydrogen-bond donors (Lipinski definition) is 1. The first kappa shape index (κ1) is 12.8. The van der Waals surface area contributed by atoms with Crippen LogP contribution in [0.1, 0.15) is 10.7 Å². The predicted octanol–water partition coefficient (Wildman–Crippen LogP) is 2.12. The van der Waals surface area contributed by atoms with Gasteiger partial charge in [-0.25, -0.2) is 10.9 Å². The molecule has 18 heavy (non-hydrogen) atoms. The van der Waals surface area contributed by atoms with Crippen LogP contribution < -0.4 is 15.4 Å². The summed E-state index contributed by atoms with van der Waals surface area (Å²) in [5.74, 6) is 6.40. The van der Waals surface area contributed by atoms with Crippen molar-refractivity contribution >= 4 is 11.3 Å². The smallest absolute Gasteiger partial charge is 0.161 e. The first-order chi connectivity index (χ1) is 8.83. The van der Waals surface area contributed by atoms with Gasteiger partial charge >= 0.3 is 0 Å². The molecule has 0 aliphatic heterocycles. The Morgan fingerprint density at radius 3 is 2.72 bits per heavy atom. The van der Waals surface area contributed by atoms with E-state index in [9.17, 15) is 0 Å². The molecule has 5 nitrogen and oxygen atoms in total. The number of methoxy groups -OCH3 is 1. The van der Waals surface area contributed by atoms with Crippen LogP contribution >= 0.6 is 11.3 Å². The number of nitrogens with two attached hydrogens (primary N) is 1. The Kier molecular flexibility index (Phi) is 4.52. The van der Waals surface area contributed by atoms with E-state index in [1.807, 2.05) is 29.6 Å². The standard InChI is InChI=1S/C12H14N2O3S/c1-15-10-4-2-3-5-11(10)16-7-12-14-9(6-17-13)8-18-12/h2-5,8H,6-7,13H2,1H3. The van der Waals surface area contributed by atoms with Gasteiger partial charge in [0.25, 0.3) is 0 Å². The van der Waals surface area contributed by atoms with Crippen LogP contribution in [0.15, 0.2) is 29.6 Å². The van der Waals surface area contributed by atoms with Gasteiger partial charge in [-0.2, -0.15) is 0 Å². The Balaban J connectivity index is 1.97. The van der Waals surface area contributed by atoms with Gasteiger partial charge in [0.1, 0.15) is 18.2 Å². The zero-order valence-corrected chi connectivity index (χ0v) is 10.8. The van der Waals surface area contributed by atoms with Crippen LogP contribution in [-0.2, 0) is 18.1 Å². The second-order valence-electron chi connectivity index (χ2n) is 3.48. The highest BCUT2D eigenvalue weighted by atomic mass is 32.1. The highest BCUT2D eigenvalue weighted by Crippen LogP contribution is 2.26. The molecule has 0 atom stereocenters. The van der Waals surface area contributed by atoms with E-state index in [1.54, 1.807) is 7.11 Å². The fourth-order valence-corrected chi connectivity index (χ4v) is 2.13. The normalized spacial score (nSPS) is 10.3. The molecule has 2 rings (SSSR count). The topological polar surface area (TPSA) is 66.6 Å². The molecule has 0 spiro atoms. The van der Waals surface area contributed by atoms with Crippen molar-refractivity contribution in [1.29, 1.82) is 0 Å². The molecule has 0 saturated carbocycles. The summed E-state index contributed by atoms with van der Waals surface area (Å²) in [5, 5.41) is 2.77. The zero-order chi connectivity index (χ0) is 12.8. The van der Waals surface area contributed by atoms with Gasteiger partial charge in [0, 0.05) is 5.38 Å². The molecule has 2 N–H and O–H groups in total. The summed E-state index contributed by atoms with van der Waals surface area (Å²) in [6, 6.07) is 7.50. The van der Waals surface area contributed by atoms with Crippen molar-refractivity contribution in [2.24, 2.45) is 5.90 Å². The predicted molar refractivity (Wildman–Crippen MR) is 68.4 cm³/mol. The van der Waals surface area contributed by atoms with Crippen LogP contribution in [-0.4, -0.2) is 12.1 Å². The molecule has 0 radical (unpaired) electrons. The Morgan fingerprint density at radius 2 is 2.00 bits per heavy atom. The minimum Gasteiger partial charge on any atom is -0.493 e. The van der Waals surface area contributed by atoms with Gasteiger partial charge in [-0.1, -0.05) is 12.1 Å². The van der Waals surface area contributed by atoms with Crippen LogP contribution in [0.4, 0.5) is 0 Å². The van der Waals surface area contributed by atoms with Crippen LogP contribution in [0.2, 0.25) is 0 Å². The van der Waals surface area contributed by atoms with Gasteiger partial charge in [-0.3, -0.25) is 4.84 Å². The van der Waals surface area contributed by atoms with Crippen molar-refractivity contribution < 1.29 is 14.3 Å². The van der Waals surface area contributed by atoms with E-state index in [4.69, 9.17) is 15.4 Å². The number of ether oxygens (including phenoxy) is 2. The lowest BCUT2D eigenvalue weighted by atomic mass is 10.3. The first-order valence-corrected chi connectivity index (χ1v) is 6.22. The molecular formula is C12H14N2O3S. The summed E-state index contributed by atoms with van der Waals surface area (Å²) in [4.78, 5) is 8.84. The Bertz CT molecular complexity index is 502. The minimum atomic E-state index is 0.311. The molecule has 0 bridgehead atoms. The number of para-hydroxylation sites is 2. The number of hydrogen-bond acceptors (Lipinski definition) is 6. The largest absolute Gasteiger partial charge is 0.493 e. The van der Waals surface area contributed by atoms with E-state index in [0.717, 1.165) is 10.7 Å². The fourth-order valence-electron chi connectivity index (χ4n) is 1.44. The van der Waals surface area contributed by atoms with Crippen LogP contribution in [0.5, 0.6) is 11.5 Å².